The Balaban J connectivity index is 3.04. The molecule has 0 spiro atoms. The molecule has 2 N–H and O–H groups in total. The van der Waals surface area contributed by atoms with Crippen LogP contribution in [0.15, 0.2) is 24.3 Å². The van der Waals surface area contributed by atoms with E-state index in [4.69, 9.17) is 5.11 Å². The lowest BCUT2D eigenvalue weighted by Crippen LogP contribution is -2.22. The first-order chi connectivity index (χ1) is 5.56. The topological polar surface area (TPSA) is 57.5 Å². The third-order valence-electron chi connectivity index (χ3n) is 1.68. The van der Waals surface area contributed by atoms with Crippen molar-refractivity contribution in [2.45, 2.75) is 12.5 Å². The van der Waals surface area contributed by atoms with E-state index in [9.17, 15) is 9.90 Å². The lowest BCUT2D eigenvalue weighted by atomic mass is 9.98. The van der Waals surface area contributed by atoms with Crippen LogP contribution in [0.3, 0.4) is 0 Å². The van der Waals surface area contributed by atoms with Crippen LogP contribution in [0.5, 0.6) is 5.75 Å². The van der Waals surface area contributed by atoms with Gasteiger partial charge in [-0.25, -0.2) is 0 Å². The van der Waals surface area contributed by atoms with Crippen LogP contribution in [-0.2, 0) is 10.4 Å². The van der Waals surface area contributed by atoms with Gasteiger partial charge in [0.05, 0.1) is 0 Å². The molecule has 3 heteroatoms. The molecule has 0 aliphatic rings. The number of hydrogen-bond donors (Lipinski definition) is 2. The SMILES string of the molecule is CC(O)(C=O)c1ccc(O)cc1. The van der Waals surface area contributed by atoms with E-state index in [1.807, 2.05) is 0 Å². The Kier molecular flexibility index (Phi) is 2.15. The second-order valence-electron chi connectivity index (χ2n) is 2.81. The number of phenolic OH excluding ortho intramolecular Hbond substituents is 1. The number of carbonyl (C=O) groups is 1. The summed E-state index contributed by atoms with van der Waals surface area (Å²) in [6.07, 6.45) is 0.458. The van der Waals surface area contributed by atoms with Gasteiger partial charge in [-0.1, -0.05) is 12.1 Å². The zero-order chi connectivity index (χ0) is 9.19. The second kappa shape index (κ2) is 2.95. The highest BCUT2D eigenvalue weighted by atomic mass is 16.3. The molecule has 1 rings (SSSR count). The average molecular weight is 166 g/mol. The van der Waals surface area contributed by atoms with Crippen molar-refractivity contribution in [3.63, 3.8) is 0 Å². The van der Waals surface area contributed by atoms with Gasteiger partial charge >= 0.3 is 0 Å². The normalized spacial score (nSPS) is 15.2. The van der Waals surface area contributed by atoms with Crippen molar-refractivity contribution in [2.24, 2.45) is 0 Å². The first kappa shape index (κ1) is 8.74. The molecule has 0 aliphatic heterocycles. The minimum atomic E-state index is -1.46. The summed E-state index contributed by atoms with van der Waals surface area (Å²) in [4.78, 5) is 10.4. The molecule has 0 bridgehead atoms. The molecule has 3 nitrogen and oxygen atoms in total. The predicted molar refractivity (Wildman–Crippen MR) is 43.7 cm³/mol. The molecule has 1 unspecified atom stereocenters. The van der Waals surface area contributed by atoms with Crippen LogP contribution in [-0.4, -0.2) is 16.5 Å². The summed E-state index contributed by atoms with van der Waals surface area (Å²) >= 11 is 0. The number of aromatic hydroxyl groups is 1. The highest BCUT2D eigenvalue weighted by Crippen LogP contribution is 2.20. The van der Waals surface area contributed by atoms with Crippen molar-refractivity contribution in [1.82, 2.24) is 0 Å². The minimum absolute atomic E-state index is 0.112. The smallest absolute Gasteiger partial charge is 0.155 e. The predicted octanol–water partition coefficient (Wildman–Crippen LogP) is 0.799. The maximum absolute atomic E-state index is 10.4. The van der Waals surface area contributed by atoms with Crippen molar-refractivity contribution < 1.29 is 15.0 Å². The van der Waals surface area contributed by atoms with Gasteiger partial charge in [-0.2, -0.15) is 0 Å². The van der Waals surface area contributed by atoms with Gasteiger partial charge < -0.3 is 10.2 Å². The van der Waals surface area contributed by atoms with Crippen LogP contribution in [0, 0.1) is 0 Å². The quantitative estimate of drug-likeness (QED) is 0.639. The first-order valence-electron chi connectivity index (χ1n) is 3.54. The number of phenols is 1. The molecular formula is C9H10O3. The molecule has 0 fully saturated rings. The Morgan fingerprint density at radius 3 is 2.25 bits per heavy atom. The van der Waals surface area contributed by atoms with E-state index in [1.54, 1.807) is 0 Å². The van der Waals surface area contributed by atoms with E-state index in [1.165, 1.54) is 31.2 Å². The highest BCUT2D eigenvalue weighted by Gasteiger charge is 2.21. The number of benzene rings is 1. The molecule has 0 saturated carbocycles. The summed E-state index contributed by atoms with van der Waals surface area (Å²) in [5, 5.41) is 18.4. The molecule has 64 valence electrons. The molecule has 0 aromatic heterocycles. The fraction of sp³-hybridized carbons (Fsp3) is 0.222. The van der Waals surface area contributed by atoms with Crippen molar-refractivity contribution in [3.8, 4) is 5.75 Å². The molecule has 1 aromatic carbocycles. The molecule has 0 radical (unpaired) electrons. The molecule has 1 atom stereocenters. The molecule has 0 saturated heterocycles. The van der Waals surface area contributed by atoms with Crippen LogP contribution < -0.4 is 0 Å². The summed E-state index contributed by atoms with van der Waals surface area (Å²) < 4.78 is 0. The first-order valence-corrected chi connectivity index (χ1v) is 3.54. The Labute approximate surface area is 70.3 Å². The molecule has 12 heavy (non-hydrogen) atoms. The third-order valence-corrected chi connectivity index (χ3v) is 1.68. The number of carbonyl (C=O) groups excluding carboxylic acids is 1. The molecule has 0 heterocycles. The summed E-state index contributed by atoms with van der Waals surface area (Å²) in [7, 11) is 0. The Hall–Kier alpha value is -1.35. The molecular weight excluding hydrogens is 156 g/mol. The van der Waals surface area contributed by atoms with Gasteiger partial charge in [0.2, 0.25) is 0 Å². The lowest BCUT2D eigenvalue weighted by Gasteiger charge is -2.15. The number of hydrogen-bond acceptors (Lipinski definition) is 3. The van der Waals surface area contributed by atoms with Crippen molar-refractivity contribution in [2.75, 3.05) is 0 Å². The second-order valence-corrected chi connectivity index (χ2v) is 2.81. The van der Waals surface area contributed by atoms with Crippen molar-refractivity contribution >= 4 is 6.29 Å². The van der Waals surface area contributed by atoms with Crippen LogP contribution in [0.2, 0.25) is 0 Å². The zero-order valence-corrected chi connectivity index (χ0v) is 6.69. The molecule has 1 aromatic rings. The van der Waals surface area contributed by atoms with Gasteiger partial charge in [-0.3, -0.25) is 4.79 Å². The van der Waals surface area contributed by atoms with Crippen LogP contribution >= 0.6 is 0 Å². The summed E-state index contributed by atoms with van der Waals surface area (Å²) in [6, 6.07) is 5.86. The third kappa shape index (κ3) is 1.62. The van der Waals surface area contributed by atoms with E-state index < -0.39 is 5.60 Å². The van der Waals surface area contributed by atoms with E-state index in [0.29, 0.717) is 11.8 Å². The van der Waals surface area contributed by atoms with Crippen LogP contribution in [0.1, 0.15) is 12.5 Å². The maximum atomic E-state index is 10.4. The van der Waals surface area contributed by atoms with Crippen LogP contribution in [0.4, 0.5) is 0 Å². The van der Waals surface area contributed by atoms with Crippen LogP contribution in [0.25, 0.3) is 0 Å². The van der Waals surface area contributed by atoms with Gasteiger partial charge in [-0.15, -0.1) is 0 Å². The van der Waals surface area contributed by atoms with Gasteiger partial charge in [0.25, 0.3) is 0 Å². The van der Waals surface area contributed by atoms with Gasteiger partial charge in [0, 0.05) is 0 Å². The number of aldehydes is 1. The highest BCUT2D eigenvalue weighted by molar-refractivity contribution is 5.65. The van der Waals surface area contributed by atoms with E-state index in [0.717, 1.165) is 0 Å². The molecule has 0 amide bonds. The van der Waals surface area contributed by atoms with E-state index in [-0.39, 0.29) is 5.75 Å². The summed E-state index contributed by atoms with van der Waals surface area (Å²) in [5.74, 6) is 0.112. The largest absolute Gasteiger partial charge is 0.508 e. The van der Waals surface area contributed by atoms with E-state index >= 15 is 0 Å². The standard InChI is InChI=1S/C9H10O3/c1-9(12,6-10)7-2-4-8(11)5-3-7/h2-6,11-12H,1H3. The van der Waals surface area contributed by atoms with Crippen molar-refractivity contribution in [3.05, 3.63) is 29.8 Å². The van der Waals surface area contributed by atoms with Gasteiger partial charge in [0.1, 0.15) is 11.4 Å². The summed E-state index contributed by atoms with van der Waals surface area (Å²) in [5.41, 5.74) is -0.997. The average Bonchev–Trinajstić information content (AvgIpc) is 2.05. The number of aliphatic hydroxyl groups is 1. The number of rotatable bonds is 2. The lowest BCUT2D eigenvalue weighted by molar-refractivity contribution is -0.123. The van der Waals surface area contributed by atoms with Crippen molar-refractivity contribution in [1.29, 1.82) is 0 Å². The fourth-order valence-corrected chi connectivity index (χ4v) is 0.867. The summed E-state index contributed by atoms with van der Waals surface area (Å²) in [6.45, 7) is 1.40. The monoisotopic (exact) mass is 166 g/mol. The minimum Gasteiger partial charge on any atom is -0.508 e. The van der Waals surface area contributed by atoms with Gasteiger partial charge in [-0.05, 0) is 24.6 Å². The van der Waals surface area contributed by atoms with E-state index in [2.05, 4.69) is 0 Å². The maximum Gasteiger partial charge on any atom is 0.155 e. The Morgan fingerprint density at radius 2 is 1.83 bits per heavy atom. The van der Waals surface area contributed by atoms with Gasteiger partial charge in [0.15, 0.2) is 6.29 Å². The fourth-order valence-electron chi connectivity index (χ4n) is 0.867. The molecule has 0 aliphatic carbocycles. The Bertz CT molecular complexity index is 274. The Morgan fingerprint density at radius 1 is 1.33 bits per heavy atom. The zero-order valence-electron chi connectivity index (χ0n) is 6.69.